The van der Waals surface area contributed by atoms with Crippen LogP contribution in [-0.4, -0.2) is 50.5 Å². The summed E-state index contributed by atoms with van der Waals surface area (Å²) in [6, 6.07) is 7.21. The number of benzene rings is 1. The largest absolute Gasteiger partial charge is 0.386 e. The fraction of sp³-hybridized carbons (Fsp3) is 0.419. The molecule has 1 aliphatic rings. The maximum atomic E-state index is 15.1. The summed E-state index contributed by atoms with van der Waals surface area (Å²) >= 11 is 13.0. The van der Waals surface area contributed by atoms with Crippen molar-refractivity contribution >= 4 is 40.1 Å². The van der Waals surface area contributed by atoms with Gasteiger partial charge in [0.05, 0.1) is 45.9 Å². The van der Waals surface area contributed by atoms with Crippen LogP contribution >= 0.6 is 23.2 Å². The number of fused-ring (bicyclic) bond motifs is 1. The molecule has 5 rings (SSSR count). The van der Waals surface area contributed by atoms with Gasteiger partial charge in [0.15, 0.2) is 5.82 Å². The van der Waals surface area contributed by atoms with Crippen molar-refractivity contribution in [3.8, 4) is 16.9 Å². The molecule has 8 N–H and O–H groups in total. The molecule has 10 nitrogen and oxygen atoms in total. The van der Waals surface area contributed by atoms with Crippen LogP contribution in [0.5, 0.6) is 0 Å². The molecular formula is C31H38Cl2FN9O. The number of piperidine rings is 1. The number of aliphatic imine (C=N–C) groups is 1. The second kappa shape index (κ2) is 14.2. The highest BCUT2D eigenvalue weighted by atomic mass is 35.5. The van der Waals surface area contributed by atoms with Crippen LogP contribution in [0.4, 0.5) is 4.39 Å². The van der Waals surface area contributed by atoms with Gasteiger partial charge < -0.3 is 27.5 Å². The Bertz CT molecular complexity index is 1720. The summed E-state index contributed by atoms with van der Waals surface area (Å²) in [5.74, 6) is -0.0899. The summed E-state index contributed by atoms with van der Waals surface area (Å²) in [6.45, 7) is 2.81. The van der Waals surface area contributed by atoms with Gasteiger partial charge in [-0.25, -0.2) is 9.18 Å². The molecule has 1 fully saturated rings. The lowest BCUT2D eigenvalue weighted by Gasteiger charge is -2.31. The van der Waals surface area contributed by atoms with E-state index < -0.39 is 11.5 Å². The molecule has 0 saturated carbocycles. The summed E-state index contributed by atoms with van der Waals surface area (Å²) < 4.78 is 16.5. The molecule has 3 aromatic heterocycles. The predicted octanol–water partition coefficient (Wildman–Crippen LogP) is 4.78. The van der Waals surface area contributed by atoms with Gasteiger partial charge in [-0.3, -0.25) is 14.5 Å². The molecule has 1 aliphatic heterocycles. The van der Waals surface area contributed by atoms with E-state index in [-0.39, 0.29) is 29.7 Å². The van der Waals surface area contributed by atoms with Gasteiger partial charge >= 0.3 is 5.69 Å². The van der Waals surface area contributed by atoms with Crippen molar-refractivity contribution in [2.24, 2.45) is 22.2 Å². The molecule has 0 radical (unpaired) electrons. The molecule has 0 amide bonds. The quantitative estimate of drug-likeness (QED) is 0.116. The zero-order valence-corrected chi connectivity index (χ0v) is 26.1. The van der Waals surface area contributed by atoms with Gasteiger partial charge in [0, 0.05) is 35.8 Å². The first kappa shape index (κ1) is 32.1. The van der Waals surface area contributed by atoms with E-state index in [0.29, 0.717) is 45.4 Å². The predicted molar refractivity (Wildman–Crippen MR) is 175 cm³/mol. The third kappa shape index (κ3) is 7.47. The van der Waals surface area contributed by atoms with Crippen LogP contribution in [0.15, 0.2) is 46.4 Å². The zero-order chi connectivity index (χ0) is 31.4. The van der Waals surface area contributed by atoms with Crippen molar-refractivity contribution in [3.63, 3.8) is 0 Å². The number of rotatable bonds is 11. The summed E-state index contributed by atoms with van der Waals surface area (Å²) in [6.07, 6.45) is 9.47. The molecule has 13 heteroatoms. The third-order valence-corrected chi connectivity index (χ3v) is 8.54. The van der Waals surface area contributed by atoms with Crippen molar-refractivity contribution in [1.29, 1.82) is 0 Å². The van der Waals surface area contributed by atoms with E-state index in [0.717, 1.165) is 56.2 Å². The second-order valence-electron chi connectivity index (χ2n) is 11.5. The maximum Gasteiger partial charge on any atom is 0.354 e. The average Bonchev–Trinajstić information content (AvgIpc) is 3.40. The lowest BCUT2D eigenvalue weighted by molar-refractivity contribution is 0.311. The third-order valence-electron chi connectivity index (χ3n) is 7.96. The van der Waals surface area contributed by atoms with Gasteiger partial charge in [-0.15, -0.1) is 0 Å². The number of nitrogens with two attached hydrogens (primary N) is 3. The molecule has 0 spiro atoms. The van der Waals surface area contributed by atoms with Crippen molar-refractivity contribution in [3.05, 3.63) is 74.3 Å². The summed E-state index contributed by atoms with van der Waals surface area (Å²) in [5, 5.41) is 4.73. The Morgan fingerprint density at radius 3 is 2.80 bits per heavy atom. The Morgan fingerprint density at radius 1 is 1.23 bits per heavy atom. The molecular weight excluding hydrogens is 604 g/mol. The number of nitrogens with zero attached hydrogens (tertiary/aromatic N) is 4. The van der Waals surface area contributed by atoms with Crippen LogP contribution < -0.4 is 28.2 Å². The van der Waals surface area contributed by atoms with Crippen LogP contribution in [0.1, 0.15) is 62.7 Å². The van der Waals surface area contributed by atoms with Gasteiger partial charge in [0.25, 0.3) is 0 Å². The average molecular weight is 643 g/mol. The van der Waals surface area contributed by atoms with E-state index in [1.165, 1.54) is 4.57 Å². The number of pyridine rings is 1. The minimum Gasteiger partial charge on any atom is -0.386 e. The lowest BCUT2D eigenvalue weighted by Crippen LogP contribution is -2.38. The van der Waals surface area contributed by atoms with Gasteiger partial charge in [0.2, 0.25) is 0 Å². The van der Waals surface area contributed by atoms with Gasteiger partial charge in [-0.05, 0) is 81.7 Å². The number of H-pyrrole nitrogens is 1. The minimum absolute atomic E-state index is 0.0214. The number of hydrogen-bond donors (Lipinski definition) is 5. The zero-order valence-electron chi connectivity index (χ0n) is 24.6. The number of aryl methyl sites for hydroxylation is 1. The van der Waals surface area contributed by atoms with Crippen molar-refractivity contribution in [2.45, 2.75) is 70.0 Å². The molecule has 0 unspecified atom stereocenters. The number of hydrogen-bond acceptors (Lipinski definition) is 7. The Hall–Kier alpha value is -3.35. The van der Waals surface area contributed by atoms with Crippen LogP contribution in [0.2, 0.25) is 10.0 Å². The fourth-order valence-electron chi connectivity index (χ4n) is 5.66. The summed E-state index contributed by atoms with van der Waals surface area (Å²) in [7, 11) is 0. The highest BCUT2D eigenvalue weighted by Gasteiger charge is 2.25. The van der Waals surface area contributed by atoms with Crippen LogP contribution in [-0.2, 0) is 6.42 Å². The monoisotopic (exact) mass is 641 g/mol. The molecule has 1 saturated heterocycles. The van der Waals surface area contributed by atoms with Crippen LogP contribution in [0.3, 0.4) is 0 Å². The highest BCUT2D eigenvalue weighted by Crippen LogP contribution is 2.33. The van der Waals surface area contributed by atoms with Crippen molar-refractivity contribution < 1.29 is 4.39 Å². The number of aromatic amines is 1. The normalized spacial score (nSPS) is 18.2. The SMILES string of the molecule is C[C@H](N)CCCc1cc(Cl)c(F)c(-c2cc3cn(-c4cnc([C@@H]5CCC[C@@H](CCN=C(N)CN)N5)c(Cl)c4)c(=O)nc3[nH]2)c1. The Balaban J connectivity index is 1.37. The van der Waals surface area contributed by atoms with E-state index in [1.807, 2.05) is 6.92 Å². The Morgan fingerprint density at radius 2 is 2.05 bits per heavy atom. The number of amidine groups is 1. The van der Waals surface area contributed by atoms with Crippen LogP contribution in [0.25, 0.3) is 28.0 Å². The first-order valence-corrected chi connectivity index (χ1v) is 15.7. The van der Waals surface area contributed by atoms with Gasteiger partial charge in [-0.1, -0.05) is 23.2 Å². The first-order valence-electron chi connectivity index (χ1n) is 14.9. The Kier molecular flexibility index (Phi) is 10.3. The lowest BCUT2D eigenvalue weighted by atomic mass is 9.94. The van der Waals surface area contributed by atoms with E-state index in [4.69, 9.17) is 40.4 Å². The van der Waals surface area contributed by atoms with Crippen molar-refractivity contribution in [2.75, 3.05) is 13.1 Å². The summed E-state index contributed by atoms with van der Waals surface area (Å²) in [4.78, 5) is 29.3. The molecule has 3 atom stereocenters. The van der Waals surface area contributed by atoms with E-state index in [2.05, 4.69) is 25.3 Å². The topological polar surface area (TPSA) is 166 Å². The second-order valence-corrected chi connectivity index (χ2v) is 12.3. The van der Waals surface area contributed by atoms with Crippen molar-refractivity contribution in [1.82, 2.24) is 24.8 Å². The molecule has 1 aromatic carbocycles. The number of nitrogens with one attached hydrogen (secondary N) is 2. The molecule has 44 heavy (non-hydrogen) atoms. The molecule has 0 bridgehead atoms. The summed E-state index contributed by atoms with van der Waals surface area (Å²) in [5.41, 5.74) is 19.8. The molecule has 4 aromatic rings. The van der Waals surface area contributed by atoms with E-state index in [9.17, 15) is 4.79 Å². The maximum absolute atomic E-state index is 15.1. The molecule has 234 valence electrons. The molecule has 4 heterocycles. The van der Waals surface area contributed by atoms with Crippen LogP contribution in [0, 0.1) is 5.82 Å². The smallest absolute Gasteiger partial charge is 0.354 e. The first-order chi connectivity index (χ1) is 21.1. The minimum atomic E-state index is -0.540. The fourth-order valence-corrected chi connectivity index (χ4v) is 6.19. The number of halogens is 3. The van der Waals surface area contributed by atoms with E-state index in [1.54, 1.807) is 36.7 Å². The van der Waals surface area contributed by atoms with Gasteiger partial charge in [-0.2, -0.15) is 4.98 Å². The highest BCUT2D eigenvalue weighted by molar-refractivity contribution is 6.31. The van der Waals surface area contributed by atoms with E-state index >= 15 is 4.39 Å². The van der Waals surface area contributed by atoms with Gasteiger partial charge in [0.1, 0.15) is 11.5 Å². The Labute approximate surface area is 265 Å². The standard InChI is InChI=1S/C31H38Cl2FN9O/c1-17(36)4-2-5-18-10-22(28(34)23(32)11-18)26-12-19-16-43(31(44)42-30(19)41-26)21-13-24(33)29(39-15-21)25-7-3-6-20(40-25)8-9-38-27(37)14-35/h10-13,15-17,20,25,40H,2-9,14,35-36H2,1H3,(H2,37,38)(H,41,42,44)/t17-,20-,25-/m0/s1. The molecule has 0 aliphatic carbocycles. The number of aromatic nitrogens is 4.